The lowest BCUT2D eigenvalue weighted by Gasteiger charge is -2.22. The van der Waals surface area contributed by atoms with Crippen molar-refractivity contribution in [1.82, 2.24) is 5.32 Å². The fourth-order valence-electron chi connectivity index (χ4n) is 3.23. The van der Waals surface area contributed by atoms with Crippen molar-refractivity contribution in [2.75, 3.05) is 23.7 Å². The summed E-state index contributed by atoms with van der Waals surface area (Å²) in [6.45, 7) is 4.66. The van der Waals surface area contributed by atoms with Gasteiger partial charge in [-0.15, -0.1) is 0 Å². The largest absolute Gasteiger partial charge is 0.491 e. The van der Waals surface area contributed by atoms with Gasteiger partial charge in [0.15, 0.2) is 0 Å². The fraction of sp³-hybridized carbons (Fsp3) is 0.240. The van der Waals surface area contributed by atoms with E-state index in [0.717, 1.165) is 23.1 Å². The lowest BCUT2D eigenvalue weighted by molar-refractivity contribution is 0.0947. The normalized spacial score (nSPS) is 11.2. The number of sulfonamides is 1. The topological polar surface area (TPSA) is 75.7 Å². The van der Waals surface area contributed by atoms with Crippen LogP contribution in [0.2, 0.25) is 0 Å². The van der Waals surface area contributed by atoms with Gasteiger partial charge in [0.2, 0.25) is 10.0 Å². The fourth-order valence-corrected chi connectivity index (χ4v) is 4.11. The van der Waals surface area contributed by atoms with E-state index >= 15 is 0 Å². The molecular weight excluding hydrogens is 443 g/mol. The molecule has 174 valence electrons. The van der Waals surface area contributed by atoms with Gasteiger partial charge < -0.3 is 10.1 Å². The van der Waals surface area contributed by atoms with Gasteiger partial charge in [0.1, 0.15) is 18.2 Å². The molecule has 0 bridgehead atoms. The highest BCUT2D eigenvalue weighted by Gasteiger charge is 2.18. The van der Waals surface area contributed by atoms with E-state index in [0.29, 0.717) is 30.0 Å². The van der Waals surface area contributed by atoms with Crippen molar-refractivity contribution >= 4 is 21.6 Å². The number of carbonyl (C=O) groups excluding carboxylic acids is 1. The second-order valence-corrected chi connectivity index (χ2v) is 9.72. The van der Waals surface area contributed by atoms with Crippen molar-refractivity contribution in [3.63, 3.8) is 0 Å². The van der Waals surface area contributed by atoms with Gasteiger partial charge in [-0.05, 0) is 73.0 Å². The van der Waals surface area contributed by atoms with Crippen LogP contribution in [-0.2, 0) is 16.6 Å². The predicted molar refractivity (Wildman–Crippen MR) is 128 cm³/mol. The van der Waals surface area contributed by atoms with Gasteiger partial charge in [-0.25, -0.2) is 12.8 Å². The average molecular weight is 471 g/mol. The van der Waals surface area contributed by atoms with Crippen molar-refractivity contribution in [2.45, 2.75) is 20.4 Å². The summed E-state index contributed by atoms with van der Waals surface area (Å²) in [6, 6.07) is 17.9. The first-order valence-corrected chi connectivity index (χ1v) is 12.3. The first kappa shape index (κ1) is 24.3. The summed E-state index contributed by atoms with van der Waals surface area (Å²) in [5, 5.41) is 2.80. The van der Waals surface area contributed by atoms with Gasteiger partial charge in [0.25, 0.3) is 5.91 Å². The molecule has 0 aromatic heterocycles. The molecule has 6 nitrogen and oxygen atoms in total. The zero-order valence-corrected chi connectivity index (χ0v) is 19.7. The second kappa shape index (κ2) is 10.5. The Hall–Kier alpha value is -3.39. The van der Waals surface area contributed by atoms with Gasteiger partial charge >= 0.3 is 0 Å². The van der Waals surface area contributed by atoms with E-state index in [9.17, 15) is 17.6 Å². The van der Waals surface area contributed by atoms with Gasteiger partial charge in [-0.3, -0.25) is 9.10 Å². The molecule has 0 unspecified atom stereocenters. The molecule has 0 heterocycles. The molecule has 0 saturated heterocycles. The maximum absolute atomic E-state index is 13.2. The first-order valence-electron chi connectivity index (χ1n) is 10.4. The third-order valence-corrected chi connectivity index (χ3v) is 6.19. The molecule has 0 fully saturated rings. The van der Waals surface area contributed by atoms with Crippen LogP contribution in [-0.4, -0.2) is 33.7 Å². The van der Waals surface area contributed by atoms with Crippen molar-refractivity contribution in [1.29, 1.82) is 0 Å². The summed E-state index contributed by atoms with van der Waals surface area (Å²) in [5.74, 6) is 0.116. The molecule has 0 aliphatic heterocycles. The van der Waals surface area contributed by atoms with Crippen molar-refractivity contribution in [3.05, 3.63) is 94.8 Å². The van der Waals surface area contributed by atoms with Crippen LogP contribution >= 0.6 is 0 Å². The molecule has 3 aromatic carbocycles. The highest BCUT2D eigenvalue weighted by atomic mass is 32.2. The summed E-state index contributed by atoms with van der Waals surface area (Å²) in [7, 11) is -3.59. The maximum Gasteiger partial charge on any atom is 0.251 e. The van der Waals surface area contributed by atoms with E-state index < -0.39 is 10.0 Å². The van der Waals surface area contributed by atoms with Crippen LogP contribution in [0.4, 0.5) is 10.1 Å². The standard InChI is InChI=1S/C25H27FN2O4S/c1-18-4-5-19(2)24(16-18)32-15-14-27-25(29)21-8-12-23(13-9-21)28(33(3,30)31)17-20-6-10-22(26)11-7-20/h4-13,16H,14-15,17H2,1-3H3,(H,27,29). The number of amides is 1. The molecule has 0 spiro atoms. The van der Waals surface area contributed by atoms with E-state index in [2.05, 4.69) is 5.32 Å². The number of hydrogen-bond acceptors (Lipinski definition) is 4. The Kier molecular flexibility index (Phi) is 7.71. The Bertz CT molecular complexity index is 1210. The molecule has 33 heavy (non-hydrogen) atoms. The summed E-state index contributed by atoms with van der Waals surface area (Å²) < 4.78 is 44.7. The monoisotopic (exact) mass is 470 g/mol. The smallest absolute Gasteiger partial charge is 0.251 e. The molecule has 8 heteroatoms. The average Bonchev–Trinajstić information content (AvgIpc) is 2.77. The summed E-state index contributed by atoms with van der Waals surface area (Å²) in [5.41, 5.74) is 3.59. The van der Waals surface area contributed by atoms with Crippen molar-refractivity contribution in [3.8, 4) is 5.75 Å². The summed E-state index contributed by atoms with van der Waals surface area (Å²) >= 11 is 0. The molecular formula is C25H27FN2O4S. The lowest BCUT2D eigenvalue weighted by Crippen LogP contribution is -2.30. The van der Waals surface area contributed by atoms with Crippen LogP contribution in [0.15, 0.2) is 66.7 Å². The Labute approximate surface area is 194 Å². The molecule has 3 rings (SSSR count). The maximum atomic E-state index is 13.2. The number of carbonyl (C=O) groups is 1. The molecule has 0 atom stereocenters. The highest BCUT2D eigenvalue weighted by Crippen LogP contribution is 2.22. The van der Waals surface area contributed by atoms with Crippen molar-refractivity contribution in [2.24, 2.45) is 0 Å². The van der Waals surface area contributed by atoms with Crippen LogP contribution in [0.5, 0.6) is 5.75 Å². The minimum atomic E-state index is -3.59. The third kappa shape index (κ3) is 6.79. The van der Waals surface area contributed by atoms with Crippen LogP contribution in [0.25, 0.3) is 0 Å². The molecule has 1 N–H and O–H groups in total. The minimum absolute atomic E-state index is 0.0559. The number of nitrogens with one attached hydrogen (secondary N) is 1. The van der Waals surface area contributed by atoms with Crippen LogP contribution in [0.1, 0.15) is 27.0 Å². The molecule has 0 aliphatic rings. The Morgan fingerprint density at radius 1 is 1.00 bits per heavy atom. The van der Waals surface area contributed by atoms with Gasteiger partial charge in [0, 0.05) is 5.56 Å². The van der Waals surface area contributed by atoms with E-state index in [4.69, 9.17) is 4.74 Å². The number of nitrogens with zero attached hydrogens (tertiary/aromatic N) is 1. The predicted octanol–water partition coefficient (Wildman–Crippen LogP) is 4.22. The summed E-state index contributed by atoms with van der Waals surface area (Å²) in [4.78, 5) is 12.4. The van der Waals surface area contributed by atoms with E-state index in [-0.39, 0.29) is 18.3 Å². The second-order valence-electron chi connectivity index (χ2n) is 7.82. The SMILES string of the molecule is Cc1ccc(C)c(OCCNC(=O)c2ccc(N(Cc3ccc(F)cc3)S(C)(=O)=O)cc2)c1. The number of benzene rings is 3. The highest BCUT2D eigenvalue weighted by molar-refractivity contribution is 7.92. The Balaban J connectivity index is 1.60. The van der Waals surface area contributed by atoms with E-state index in [1.807, 2.05) is 32.0 Å². The number of anilines is 1. The van der Waals surface area contributed by atoms with Crippen LogP contribution in [0.3, 0.4) is 0 Å². The Morgan fingerprint density at radius 3 is 2.30 bits per heavy atom. The molecule has 0 aliphatic carbocycles. The molecule has 1 amide bonds. The van der Waals surface area contributed by atoms with Gasteiger partial charge in [0.05, 0.1) is 25.0 Å². The van der Waals surface area contributed by atoms with Gasteiger partial charge in [-0.1, -0.05) is 24.3 Å². The lowest BCUT2D eigenvalue weighted by atomic mass is 10.1. The van der Waals surface area contributed by atoms with Gasteiger partial charge in [-0.2, -0.15) is 0 Å². The van der Waals surface area contributed by atoms with E-state index in [1.165, 1.54) is 28.6 Å². The molecule has 0 saturated carbocycles. The minimum Gasteiger partial charge on any atom is -0.491 e. The zero-order valence-electron chi connectivity index (χ0n) is 18.8. The molecule has 0 radical (unpaired) electrons. The molecule has 3 aromatic rings. The Morgan fingerprint density at radius 2 is 1.67 bits per heavy atom. The first-order chi connectivity index (χ1) is 15.6. The van der Waals surface area contributed by atoms with Crippen molar-refractivity contribution < 1.29 is 22.3 Å². The zero-order chi connectivity index (χ0) is 24.0. The van der Waals surface area contributed by atoms with E-state index in [1.54, 1.807) is 24.3 Å². The van der Waals surface area contributed by atoms with Crippen LogP contribution in [0, 0.1) is 19.7 Å². The quantitative estimate of drug-likeness (QED) is 0.475. The number of hydrogen-bond donors (Lipinski definition) is 1. The number of aryl methyl sites for hydroxylation is 2. The third-order valence-electron chi connectivity index (χ3n) is 5.05. The van der Waals surface area contributed by atoms with Crippen LogP contribution < -0.4 is 14.4 Å². The summed E-state index contributed by atoms with van der Waals surface area (Å²) in [6.07, 6.45) is 1.10. The number of ether oxygens (including phenoxy) is 1. The number of halogens is 1. The number of rotatable bonds is 9.